The van der Waals surface area contributed by atoms with Crippen molar-refractivity contribution < 1.29 is 0 Å². The van der Waals surface area contributed by atoms with Gasteiger partial charge in [-0.25, -0.2) is 0 Å². The maximum Gasteiger partial charge on any atom is 0.0165 e. The molecular formula is C40H30. The molecule has 0 radical (unpaired) electrons. The first-order chi connectivity index (χ1) is 19.4. The second-order valence-corrected chi connectivity index (χ2v) is 12.9. The first-order valence-corrected chi connectivity index (χ1v) is 14.5. The molecule has 190 valence electrons. The van der Waals surface area contributed by atoms with E-state index in [-0.39, 0.29) is 10.8 Å². The second-order valence-electron chi connectivity index (χ2n) is 12.9. The average molecular weight is 511 g/mol. The summed E-state index contributed by atoms with van der Waals surface area (Å²) in [6.45, 7) is 9.69. The van der Waals surface area contributed by atoms with Crippen molar-refractivity contribution in [3.8, 4) is 22.3 Å². The molecular weight excluding hydrogens is 480 g/mol. The smallest absolute Gasteiger partial charge is 0.0165 e. The summed E-state index contributed by atoms with van der Waals surface area (Å²) in [4.78, 5) is 0. The standard InChI is InChI=1S/C40H30/c1-39(2)31-17-9-15-27-34-30-22-20-24-12-6-8-14-26(24)38(30)40(3,4)32-18-10-16-28(36(32)34)33(35(27)31)29-21-19-23-11-5-7-13-25(23)37(29)39/h5-22H,1-4H3. The first-order valence-electron chi connectivity index (χ1n) is 14.5. The first kappa shape index (κ1) is 22.4. The molecule has 0 heteroatoms. The van der Waals surface area contributed by atoms with Gasteiger partial charge in [0.15, 0.2) is 0 Å². The largest absolute Gasteiger partial charge is 0.0616 e. The SMILES string of the molecule is CC1(C)c2c(ccc3ccccc23)-c2c3cccc4c3c(c3cccc1c23)-c1ccc2ccccc2c1C4(C)C. The van der Waals surface area contributed by atoms with Crippen molar-refractivity contribution in [3.05, 3.63) is 131 Å². The Bertz CT molecular complexity index is 2100. The highest BCUT2D eigenvalue weighted by molar-refractivity contribution is 6.27. The minimum atomic E-state index is -0.124. The van der Waals surface area contributed by atoms with Gasteiger partial charge in [-0.05, 0) is 87.6 Å². The van der Waals surface area contributed by atoms with Gasteiger partial charge in [0.1, 0.15) is 0 Å². The molecule has 2 aliphatic carbocycles. The zero-order chi connectivity index (χ0) is 27.0. The second kappa shape index (κ2) is 7.20. The highest BCUT2D eigenvalue weighted by Crippen LogP contribution is 2.59. The Hall–Kier alpha value is -4.42. The van der Waals surface area contributed by atoms with Crippen molar-refractivity contribution in [2.45, 2.75) is 38.5 Å². The molecule has 7 aromatic carbocycles. The number of hydrogen-bond donors (Lipinski definition) is 0. The highest BCUT2D eigenvalue weighted by Gasteiger charge is 2.40. The lowest BCUT2D eigenvalue weighted by Crippen LogP contribution is -2.26. The molecule has 0 fully saturated rings. The lowest BCUT2D eigenvalue weighted by atomic mass is 9.62. The zero-order valence-corrected chi connectivity index (χ0v) is 23.4. The average Bonchev–Trinajstić information content (AvgIpc) is 2.97. The number of rotatable bonds is 0. The number of hydrogen-bond acceptors (Lipinski definition) is 0. The molecule has 9 rings (SSSR count). The van der Waals surface area contributed by atoms with E-state index in [2.05, 4.69) is 137 Å². The lowest BCUT2D eigenvalue weighted by molar-refractivity contribution is 0.649. The van der Waals surface area contributed by atoms with Crippen molar-refractivity contribution in [1.29, 1.82) is 0 Å². The molecule has 0 spiro atoms. The van der Waals surface area contributed by atoms with Crippen LogP contribution in [0.15, 0.2) is 109 Å². The molecule has 0 bridgehead atoms. The van der Waals surface area contributed by atoms with Crippen LogP contribution in [0.4, 0.5) is 0 Å². The summed E-state index contributed by atoms with van der Waals surface area (Å²) in [5.74, 6) is 0. The molecule has 2 aliphatic rings. The molecule has 0 N–H and O–H groups in total. The van der Waals surface area contributed by atoms with Gasteiger partial charge in [-0.1, -0.05) is 137 Å². The van der Waals surface area contributed by atoms with E-state index < -0.39 is 0 Å². The molecule has 0 unspecified atom stereocenters. The summed E-state index contributed by atoms with van der Waals surface area (Å²) in [6, 6.07) is 41.4. The van der Waals surface area contributed by atoms with Crippen LogP contribution in [-0.4, -0.2) is 0 Å². The normalized spacial score (nSPS) is 15.9. The summed E-state index contributed by atoms with van der Waals surface area (Å²) in [5.41, 5.74) is 11.1. The molecule has 0 nitrogen and oxygen atoms in total. The monoisotopic (exact) mass is 510 g/mol. The molecule has 0 amide bonds. The van der Waals surface area contributed by atoms with E-state index in [4.69, 9.17) is 0 Å². The van der Waals surface area contributed by atoms with Crippen LogP contribution in [-0.2, 0) is 10.8 Å². The van der Waals surface area contributed by atoms with Crippen LogP contribution in [0.3, 0.4) is 0 Å². The molecule has 40 heavy (non-hydrogen) atoms. The fraction of sp³-hybridized carbons (Fsp3) is 0.150. The van der Waals surface area contributed by atoms with Gasteiger partial charge < -0.3 is 0 Å². The van der Waals surface area contributed by atoms with Crippen molar-refractivity contribution >= 4 is 43.1 Å². The third kappa shape index (κ3) is 2.49. The fourth-order valence-electron chi connectivity index (χ4n) is 8.51. The third-order valence-corrected chi connectivity index (χ3v) is 10.2. The molecule has 0 saturated carbocycles. The molecule has 0 saturated heterocycles. The van der Waals surface area contributed by atoms with Crippen molar-refractivity contribution in [1.82, 2.24) is 0 Å². The van der Waals surface area contributed by atoms with Crippen LogP contribution >= 0.6 is 0 Å². The Morgan fingerprint density at radius 3 is 1.23 bits per heavy atom. The van der Waals surface area contributed by atoms with Crippen LogP contribution in [0.5, 0.6) is 0 Å². The summed E-state index contributed by atoms with van der Waals surface area (Å²) in [7, 11) is 0. The van der Waals surface area contributed by atoms with Crippen molar-refractivity contribution in [2.75, 3.05) is 0 Å². The molecule has 0 aliphatic heterocycles. The summed E-state index contributed by atoms with van der Waals surface area (Å²) < 4.78 is 0. The number of fused-ring (bicyclic) bond motifs is 10. The van der Waals surface area contributed by atoms with E-state index in [0.717, 1.165) is 0 Å². The predicted molar refractivity (Wildman–Crippen MR) is 172 cm³/mol. The maximum atomic E-state index is 2.42. The third-order valence-electron chi connectivity index (χ3n) is 10.2. The van der Waals surface area contributed by atoms with Gasteiger partial charge in [0, 0.05) is 10.8 Å². The van der Waals surface area contributed by atoms with Gasteiger partial charge in [-0.2, -0.15) is 0 Å². The van der Waals surface area contributed by atoms with E-state index in [9.17, 15) is 0 Å². The maximum absolute atomic E-state index is 2.42. The fourth-order valence-corrected chi connectivity index (χ4v) is 8.51. The predicted octanol–water partition coefficient (Wildman–Crippen LogP) is 10.9. The minimum absolute atomic E-state index is 0.124. The Morgan fingerprint density at radius 2 is 0.775 bits per heavy atom. The van der Waals surface area contributed by atoms with E-state index in [1.54, 1.807) is 0 Å². The van der Waals surface area contributed by atoms with Crippen molar-refractivity contribution in [2.24, 2.45) is 0 Å². The topological polar surface area (TPSA) is 0 Å². The summed E-state index contributed by atoms with van der Waals surface area (Å²) in [6.07, 6.45) is 0. The van der Waals surface area contributed by atoms with Gasteiger partial charge in [0.25, 0.3) is 0 Å². The summed E-state index contributed by atoms with van der Waals surface area (Å²) >= 11 is 0. The quantitative estimate of drug-likeness (QED) is 0.178. The van der Waals surface area contributed by atoms with Crippen LogP contribution in [0.25, 0.3) is 65.3 Å². The molecule has 0 heterocycles. The summed E-state index contributed by atoms with van der Waals surface area (Å²) in [5, 5.41) is 11.0. The van der Waals surface area contributed by atoms with E-state index in [1.165, 1.54) is 87.6 Å². The molecule has 0 aromatic heterocycles. The Kier molecular flexibility index (Phi) is 4.03. The van der Waals surface area contributed by atoms with Gasteiger partial charge in [-0.15, -0.1) is 0 Å². The van der Waals surface area contributed by atoms with Gasteiger partial charge >= 0.3 is 0 Å². The van der Waals surface area contributed by atoms with E-state index >= 15 is 0 Å². The zero-order valence-electron chi connectivity index (χ0n) is 23.4. The van der Waals surface area contributed by atoms with E-state index in [0.29, 0.717) is 0 Å². The Morgan fingerprint density at radius 1 is 0.375 bits per heavy atom. The lowest BCUT2D eigenvalue weighted by Gasteiger charge is -2.40. The van der Waals surface area contributed by atoms with Crippen LogP contribution in [0.2, 0.25) is 0 Å². The Balaban J connectivity index is 1.57. The van der Waals surface area contributed by atoms with Crippen LogP contribution in [0, 0.1) is 0 Å². The Labute approximate surface area is 234 Å². The van der Waals surface area contributed by atoms with Gasteiger partial charge in [-0.3, -0.25) is 0 Å². The van der Waals surface area contributed by atoms with E-state index in [1.807, 2.05) is 0 Å². The molecule has 0 atom stereocenters. The minimum Gasteiger partial charge on any atom is -0.0616 e. The highest BCUT2D eigenvalue weighted by atomic mass is 14.4. The van der Waals surface area contributed by atoms with Crippen LogP contribution < -0.4 is 0 Å². The number of benzene rings is 7. The van der Waals surface area contributed by atoms with Gasteiger partial charge in [0.2, 0.25) is 0 Å². The molecule has 7 aromatic rings. The van der Waals surface area contributed by atoms with Crippen LogP contribution in [0.1, 0.15) is 49.9 Å². The van der Waals surface area contributed by atoms with Gasteiger partial charge in [0.05, 0.1) is 0 Å². The van der Waals surface area contributed by atoms with Crippen molar-refractivity contribution in [3.63, 3.8) is 0 Å².